The molecule has 0 fully saturated rings. The van der Waals surface area contributed by atoms with Crippen molar-refractivity contribution in [3.8, 4) is 11.5 Å². The number of hydrogen-bond donors (Lipinski definition) is 1. The molecule has 0 bridgehead atoms. The molecule has 2 aliphatic rings. The van der Waals surface area contributed by atoms with Gasteiger partial charge < -0.3 is 19.1 Å². The molecule has 0 saturated heterocycles. The average Bonchev–Trinajstić information content (AvgIpc) is 2.91. The summed E-state index contributed by atoms with van der Waals surface area (Å²) >= 11 is 0. The number of para-hydroxylation sites is 1. The summed E-state index contributed by atoms with van der Waals surface area (Å²) in [6, 6.07) is 17.8. The molecule has 36 heavy (non-hydrogen) atoms. The number of carbonyl (C=O) groups is 2. The molecule has 0 aliphatic carbocycles. The molecule has 3 aromatic rings. The Labute approximate surface area is 208 Å². The van der Waals surface area contributed by atoms with Crippen molar-refractivity contribution in [3.63, 3.8) is 0 Å². The van der Waals surface area contributed by atoms with E-state index in [2.05, 4.69) is 4.72 Å². The minimum absolute atomic E-state index is 0.0213. The van der Waals surface area contributed by atoms with Gasteiger partial charge in [-0.05, 0) is 60.9 Å². The summed E-state index contributed by atoms with van der Waals surface area (Å²) in [7, 11) is -3.89. The highest BCUT2D eigenvalue weighted by Crippen LogP contribution is 2.33. The third kappa shape index (κ3) is 4.99. The Bertz CT molecular complexity index is 1400. The number of rotatable bonds is 6. The highest BCUT2D eigenvalue weighted by Gasteiger charge is 2.24. The third-order valence-electron chi connectivity index (χ3n) is 5.93. The molecule has 0 aromatic heterocycles. The number of amides is 1. The second-order valence-electron chi connectivity index (χ2n) is 8.34. The lowest BCUT2D eigenvalue weighted by molar-refractivity contribution is -0.121. The van der Waals surface area contributed by atoms with Crippen LogP contribution >= 0.6 is 0 Å². The van der Waals surface area contributed by atoms with Crippen molar-refractivity contribution in [3.05, 3.63) is 77.9 Å². The maximum Gasteiger partial charge on any atom is 0.338 e. The largest absolute Gasteiger partial charge is 0.486 e. The minimum atomic E-state index is -3.89. The summed E-state index contributed by atoms with van der Waals surface area (Å²) in [6.07, 6.45) is 1.75. The maximum atomic E-state index is 12.8. The number of fused-ring (bicyclic) bond motifs is 2. The normalized spacial score (nSPS) is 14.5. The molecule has 0 spiro atoms. The Balaban J connectivity index is 1.20. The van der Waals surface area contributed by atoms with Gasteiger partial charge in [0.15, 0.2) is 18.1 Å². The fourth-order valence-corrected chi connectivity index (χ4v) is 5.23. The van der Waals surface area contributed by atoms with Crippen LogP contribution in [-0.4, -0.2) is 46.7 Å². The number of esters is 1. The van der Waals surface area contributed by atoms with Gasteiger partial charge in [0.2, 0.25) is 0 Å². The maximum absolute atomic E-state index is 12.8. The van der Waals surface area contributed by atoms with Crippen LogP contribution in [-0.2, 0) is 26.0 Å². The quantitative estimate of drug-likeness (QED) is 0.508. The van der Waals surface area contributed by atoms with Crippen molar-refractivity contribution in [2.45, 2.75) is 17.7 Å². The van der Waals surface area contributed by atoms with Gasteiger partial charge >= 0.3 is 5.97 Å². The summed E-state index contributed by atoms with van der Waals surface area (Å²) in [4.78, 5) is 26.8. The van der Waals surface area contributed by atoms with E-state index in [-0.39, 0.29) is 28.7 Å². The van der Waals surface area contributed by atoms with E-state index >= 15 is 0 Å². The molecule has 186 valence electrons. The zero-order valence-electron chi connectivity index (χ0n) is 19.3. The third-order valence-corrected chi connectivity index (χ3v) is 7.31. The van der Waals surface area contributed by atoms with Crippen LogP contribution in [0.1, 0.15) is 22.3 Å². The summed E-state index contributed by atoms with van der Waals surface area (Å²) in [5.41, 5.74) is 2.41. The highest BCUT2D eigenvalue weighted by atomic mass is 32.2. The van der Waals surface area contributed by atoms with E-state index in [0.717, 1.165) is 24.1 Å². The number of carbonyl (C=O) groups excluding carboxylic acids is 2. The van der Waals surface area contributed by atoms with E-state index in [4.69, 9.17) is 14.2 Å². The Morgan fingerprint density at radius 3 is 2.50 bits per heavy atom. The lowest BCUT2D eigenvalue weighted by atomic mass is 10.0. The van der Waals surface area contributed by atoms with Crippen molar-refractivity contribution in [1.29, 1.82) is 0 Å². The Morgan fingerprint density at radius 1 is 0.944 bits per heavy atom. The Kier molecular flexibility index (Phi) is 6.51. The van der Waals surface area contributed by atoms with Gasteiger partial charge in [-0.3, -0.25) is 9.52 Å². The van der Waals surface area contributed by atoms with Crippen LogP contribution in [0.15, 0.2) is 71.6 Å². The number of nitrogens with zero attached hydrogens (tertiary/aromatic N) is 1. The fourth-order valence-electron chi connectivity index (χ4n) is 4.16. The zero-order valence-corrected chi connectivity index (χ0v) is 20.1. The second-order valence-corrected chi connectivity index (χ2v) is 10.0. The number of benzene rings is 3. The first kappa shape index (κ1) is 23.7. The van der Waals surface area contributed by atoms with E-state index in [1.54, 1.807) is 11.0 Å². The van der Waals surface area contributed by atoms with Crippen LogP contribution in [0, 0.1) is 0 Å². The van der Waals surface area contributed by atoms with Crippen molar-refractivity contribution < 1.29 is 32.2 Å². The predicted molar refractivity (Wildman–Crippen MR) is 132 cm³/mol. The molecular weight excluding hydrogens is 484 g/mol. The molecule has 1 amide bonds. The Morgan fingerprint density at radius 2 is 1.69 bits per heavy atom. The molecule has 3 aromatic carbocycles. The predicted octanol–water partition coefficient (Wildman–Crippen LogP) is 3.39. The minimum Gasteiger partial charge on any atom is -0.486 e. The Hall–Kier alpha value is -4.05. The van der Waals surface area contributed by atoms with E-state index < -0.39 is 16.0 Å². The van der Waals surface area contributed by atoms with Crippen molar-refractivity contribution >= 4 is 33.3 Å². The van der Waals surface area contributed by atoms with Gasteiger partial charge in [0.25, 0.3) is 15.9 Å². The zero-order chi connectivity index (χ0) is 25.1. The number of nitrogens with one attached hydrogen (secondary N) is 1. The second kappa shape index (κ2) is 9.90. The van der Waals surface area contributed by atoms with Crippen LogP contribution in [0.25, 0.3) is 0 Å². The van der Waals surface area contributed by atoms with Gasteiger partial charge in [0.05, 0.1) is 10.5 Å². The van der Waals surface area contributed by atoms with Crippen molar-refractivity contribution in [2.75, 3.05) is 36.0 Å². The highest BCUT2D eigenvalue weighted by molar-refractivity contribution is 7.92. The molecule has 0 radical (unpaired) electrons. The lowest BCUT2D eigenvalue weighted by Gasteiger charge is -2.29. The van der Waals surface area contributed by atoms with E-state index in [1.165, 1.54) is 36.4 Å². The number of sulfonamides is 1. The van der Waals surface area contributed by atoms with Crippen LogP contribution < -0.4 is 19.1 Å². The van der Waals surface area contributed by atoms with E-state index in [9.17, 15) is 18.0 Å². The van der Waals surface area contributed by atoms with Gasteiger partial charge in [-0.15, -0.1) is 0 Å². The number of anilines is 2. The molecular formula is C26H24N2O7S. The van der Waals surface area contributed by atoms with Crippen LogP contribution in [0.4, 0.5) is 11.4 Å². The average molecular weight is 509 g/mol. The summed E-state index contributed by atoms with van der Waals surface area (Å²) in [5.74, 6) is -0.106. The van der Waals surface area contributed by atoms with Crippen LogP contribution in [0.2, 0.25) is 0 Å². The van der Waals surface area contributed by atoms with Crippen LogP contribution in [0.3, 0.4) is 0 Å². The van der Waals surface area contributed by atoms with Crippen molar-refractivity contribution in [1.82, 2.24) is 0 Å². The topological polar surface area (TPSA) is 111 Å². The van der Waals surface area contributed by atoms with Crippen LogP contribution in [0.5, 0.6) is 11.5 Å². The smallest absolute Gasteiger partial charge is 0.338 e. The summed E-state index contributed by atoms with van der Waals surface area (Å²) in [5, 5.41) is 0. The molecule has 0 saturated carbocycles. The SMILES string of the molecule is O=C(OCC(=O)N1CCCc2ccccc21)c1ccc(NS(=O)(=O)c2ccc3c(c2)OCCO3)cc1. The standard InChI is InChI=1S/C26H24N2O7S/c29-25(28-13-3-5-18-4-1-2-6-22(18)28)17-35-26(30)19-7-9-20(10-8-19)27-36(31,32)21-11-12-23-24(16-21)34-15-14-33-23/h1-2,4,6-12,16,27H,3,5,13-15,17H2. The lowest BCUT2D eigenvalue weighted by Crippen LogP contribution is -2.38. The van der Waals surface area contributed by atoms with Gasteiger partial charge in [0, 0.05) is 24.0 Å². The molecule has 0 atom stereocenters. The van der Waals surface area contributed by atoms with Gasteiger partial charge in [-0.2, -0.15) is 0 Å². The molecule has 5 rings (SSSR count). The summed E-state index contributed by atoms with van der Waals surface area (Å²) in [6.45, 7) is 0.947. The number of aryl methyl sites for hydroxylation is 1. The number of ether oxygens (including phenoxy) is 3. The van der Waals surface area contributed by atoms with Gasteiger partial charge in [-0.25, -0.2) is 13.2 Å². The molecule has 10 heteroatoms. The van der Waals surface area contributed by atoms with Gasteiger partial charge in [0.1, 0.15) is 13.2 Å². The number of hydrogen-bond acceptors (Lipinski definition) is 7. The first-order valence-corrected chi connectivity index (χ1v) is 13.0. The van der Waals surface area contributed by atoms with Crippen molar-refractivity contribution in [2.24, 2.45) is 0 Å². The van der Waals surface area contributed by atoms with E-state index in [0.29, 0.717) is 31.3 Å². The first-order valence-electron chi connectivity index (χ1n) is 11.5. The molecule has 9 nitrogen and oxygen atoms in total. The fraction of sp³-hybridized carbons (Fsp3) is 0.231. The van der Waals surface area contributed by atoms with Gasteiger partial charge in [-0.1, -0.05) is 18.2 Å². The molecule has 0 unspecified atom stereocenters. The first-order chi connectivity index (χ1) is 17.4. The summed E-state index contributed by atoms with van der Waals surface area (Å²) < 4.78 is 44.1. The van der Waals surface area contributed by atoms with E-state index in [1.807, 2.05) is 24.3 Å². The molecule has 1 N–H and O–H groups in total. The monoisotopic (exact) mass is 508 g/mol. The molecule has 2 heterocycles. The molecule has 2 aliphatic heterocycles.